The molecule has 0 aliphatic heterocycles. The number of nitrogens with two attached hydrogens (primary N) is 1. The van der Waals surface area contributed by atoms with Gasteiger partial charge >= 0.3 is 5.97 Å². The first-order valence-corrected chi connectivity index (χ1v) is 6.39. The number of rotatable bonds is 6. The van der Waals surface area contributed by atoms with Crippen LogP contribution in [0.5, 0.6) is 0 Å². The molecule has 1 aromatic rings. The van der Waals surface area contributed by atoms with Gasteiger partial charge in [0.05, 0.1) is 12.2 Å². The van der Waals surface area contributed by atoms with E-state index in [0.717, 1.165) is 6.42 Å². The van der Waals surface area contributed by atoms with Crippen molar-refractivity contribution in [2.75, 3.05) is 25.4 Å². The zero-order valence-corrected chi connectivity index (χ0v) is 11.4. The quantitative estimate of drug-likeness (QED) is 0.626. The molecule has 104 valence electrons. The molecule has 5 nitrogen and oxygen atoms in total. The molecule has 0 radical (unpaired) electrons. The molecule has 0 heterocycles. The number of anilines is 1. The molecule has 0 atom stereocenters. The van der Waals surface area contributed by atoms with E-state index in [9.17, 15) is 9.59 Å². The molecule has 1 rings (SSSR count). The predicted molar refractivity (Wildman–Crippen MR) is 73.7 cm³/mol. The third-order valence-electron chi connectivity index (χ3n) is 2.60. The van der Waals surface area contributed by atoms with Gasteiger partial charge in [-0.05, 0) is 25.5 Å². The highest BCUT2D eigenvalue weighted by atomic mass is 16.5. The van der Waals surface area contributed by atoms with Crippen LogP contribution < -0.4 is 5.73 Å². The minimum Gasteiger partial charge on any atom is -0.465 e. The van der Waals surface area contributed by atoms with Gasteiger partial charge in [0.25, 0.3) is 5.91 Å². The van der Waals surface area contributed by atoms with Crippen LogP contribution in [0.25, 0.3) is 0 Å². The van der Waals surface area contributed by atoms with E-state index in [0.29, 0.717) is 24.4 Å². The molecule has 0 saturated carbocycles. The Morgan fingerprint density at radius 1 is 1.26 bits per heavy atom. The number of carbonyl (C=O) groups is 2. The van der Waals surface area contributed by atoms with Crippen molar-refractivity contribution in [3.8, 4) is 0 Å². The summed E-state index contributed by atoms with van der Waals surface area (Å²) < 4.78 is 4.87. The highest BCUT2D eigenvalue weighted by Crippen LogP contribution is 2.13. The van der Waals surface area contributed by atoms with Crippen LogP contribution in [0.2, 0.25) is 0 Å². The van der Waals surface area contributed by atoms with Crippen molar-refractivity contribution >= 4 is 17.6 Å². The SMILES string of the molecule is CCCN(CC(=O)OCC)C(=O)c1ccccc1N. The molecule has 0 aliphatic rings. The topological polar surface area (TPSA) is 72.6 Å². The van der Waals surface area contributed by atoms with E-state index in [4.69, 9.17) is 10.5 Å². The van der Waals surface area contributed by atoms with E-state index in [1.807, 2.05) is 6.92 Å². The molecular formula is C14H20N2O3. The molecule has 0 aliphatic carbocycles. The van der Waals surface area contributed by atoms with E-state index in [2.05, 4.69) is 0 Å². The third-order valence-corrected chi connectivity index (χ3v) is 2.60. The lowest BCUT2D eigenvalue weighted by Gasteiger charge is -2.21. The maximum absolute atomic E-state index is 12.3. The van der Waals surface area contributed by atoms with Crippen molar-refractivity contribution in [3.63, 3.8) is 0 Å². The maximum Gasteiger partial charge on any atom is 0.325 e. The number of para-hydroxylation sites is 1. The largest absolute Gasteiger partial charge is 0.465 e. The average molecular weight is 264 g/mol. The van der Waals surface area contributed by atoms with Gasteiger partial charge in [-0.2, -0.15) is 0 Å². The second kappa shape index (κ2) is 7.41. The molecule has 0 bridgehead atoms. The first-order valence-electron chi connectivity index (χ1n) is 6.39. The summed E-state index contributed by atoms with van der Waals surface area (Å²) in [6.45, 7) is 4.43. The van der Waals surface area contributed by atoms with Crippen molar-refractivity contribution in [1.29, 1.82) is 0 Å². The van der Waals surface area contributed by atoms with Crippen LogP contribution in [0.3, 0.4) is 0 Å². The maximum atomic E-state index is 12.3. The van der Waals surface area contributed by atoms with Crippen molar-refractivity contribution in [1.82, 2.24) is 4.90 Å². The number of esters is 1. The van der Waals surface area contributed by atoms with Gasteiger partial charge in [0.15, 0.2) is 0 Å². The van der Waals surface area contributed by atoms with Crippen LogP contribution >= 0.6 is 0 Å². The Kier molecular flexibility index (Phi) is 5.85. The molecule has 0 aromatic heterocycles. The van der Waals surface area contributed by atoms with Gasteiger partial charge in [0.1, 0.15) is 6.54 Å². The van der Waals surface area contributed by atoms with Gasteiger partial charge in [0, 0.05) is 12.2 Å². The van der Waals surface area contributed by atoms with Gasteiger partial charge in [0.2, 0.25) is 0 Å². The summed E-state index contributed by atoms with van der Waals surface area (Å²) in [5.41, 5.74) is 6.61. The Labute approximate surface area is 113 Å². The summed E-state index contributed by atoms with van der Waals surface area (Å²) >= 11 is 0. The fourth-order valence-corrected chi connectivity index (χ4v) is 1.75. The zero-order valence-electron chi connectivity index (χ0n) is 11.4. The van der Waals surface area contributed by atoms with Gasteiger partial charge < -0.3 is 15.4 Å². The second-order valence-electron chi connectivity index (χ2n) is 4.12. The summed E-state index contributed by atoms with van der Waals surface area (Å²) in [6.07, 6.45) is 0.762. The van der Waals surface area contributed by atoms with Gasteiger partial charge in [-0.1, -0.05) is 19.1 Å². The average Bonchev–Trinajstić information content (AvgIpc) is 2.38. The molecule has 19 heavy (non-hydrogen) atoms. The number of nitrogen functional groups attached to an aromatic ring is 1. The van der Waals surface area contributed by atoms with Crippen LogP contribution in [-0.2, 0) is 9.53 Å². The number of hydrogen-bond acceptors (Lipinski definition) is 4. The Hall–Kier alpha value is -2.04. The summed E-state index contributed by atoms with van der Waals surface area (Å²) in [4.78, 5) is 25.3. The normalized spacial score (nSPS) is 10.0. The number of benzene rings is 1. The van der Waals surface area contributed by atoms with Crippen LogP contribution in [-0.4, -0.2) is 36.5 Å². The molecule has 0 unspecified atom stereocenters. The molecular weight excluding hydrogens is 244 g/mol. The van der Waals surface area contributed by atoms with Crippen LogP contribution in [0.15, 0.2) is 24.3 Å². The summed E-state index contributed by atoms with van der Waals surface area (Å²) in [6, 6.07) is 6.84. The number of ether oxygens (including phenoxy) is 1. The fourth-order valence-electron chi connectivity index (χ4n) is 1.75. The third kappa shape index (κ3) is 4.28. The van der Waals surface area contributed by atoms with E-state index >= 15 is 0 Å². The Morgan fingerprint density at radius 2 is 1.95 bits per heavy atom. The smallest absolute Gasteiger partial charge is 0.325 e. The lowest BCUT2D eigenvalue weighted by Crippen LogP contribution is -2.37. The van der Waals surface area contributed by atoms with Gasteiger partial charge in [-0.25, -0.2) is 0 Å². The lowest BCUT2D eigenvalue weighted by molar-refractivity contribution is -0.143. The van der Waals surface area contributed by atoms with Gasteiger partial charge in [-0.3, -0.25) is 9.59 Å². The van der Waals surface area contributed by atoms with Crippen molar-refractivity contribution < 1.29 is 14.3 Å². The molecule has 0 saturated heterocycles. The lowest BCUT2D eigenvalue weighted by atomic mass is 10.1. The highest BCUT2D eigenvalue weighted by molar-refractivity contribution is 6.00. The first-order chi connectivity index (χ1) is 9.10. The summed E-state index contributed by atoms with van der Waals surface area (Å²) in [5.74, 6) is -0.646. The molecule has 2 N–H and O–H groups in total. The summed E-state index contributed by atoms with van der Waals surface area (Å²) in [5, 5.41) is 0. The van der Waals surface area contributed by atoms with E-state index in [1.165, 1.54) is 4.90 Å². The first kappa shape index (κ1) is 15.0. The predicted octanol–water partition coefficient (Wildman–Crippen LogP) is 1.68. The highest BCUT2D eigenvalue weighted by Gasteiger charge is 2.20. The fraction of sp³-hybridized carbons (Fsp3) is 0.429. The Morgan fingerprint density at radius 3 is 2.53 bits per heavy atom. The number of hydrogen-bond donors (Lipinski definition) is 1. The van der Waals surface area contributed by atoms with Crippen LogP contribution in [0.1, 0.15) is 30.6 Å². The van der Waals surface area contributed by atoms with Crippen LogP contribution in [0, 0.1) is 0 Å². The van der Waals surface area contributed by atoms with Gasteiger partial charge in [-0.15, -0.1) is 0 Å². The number of carbonyl (C=O) groups excluding carboxylic acids is 2. The minimum absolute atomic E-state index is 0.0468. The number of nitrogens with zero attached hydrogens (tertiary/aromatic N) is 1. The Bertz CT molecular complexity index is 446. The minimum atomic E-state index is -0.404. The molecule has 5 heteroatoms. The second-order valence-corrected chi connectivity index (χ2v) is 4.12. The monoisotopic (exact) mass is 264 g/mol. The molecule has 0 spiro atoms. The van der Waals surface area contributed by atoms with Crippen molar-refractivity contribution in [2.24, 2.45) is 0 Å². The van der Waals surface area contributed by atoms with Crippen molar-refractivity contribution in [2.45, 2.75) is 20.3 Å². The standard InChI is InChI=1S/C14H20N2O3/c1-3-9-16(10-13(17)19-4-2)14(18)11-7-5-6-8-12(11)15/h5-8H,3-4,9-10,15H2,1-2H3. The van der Waals surface area contributed by atoms with E-state index < -0.39 is 5.97 Å². The Balaban J connectivity index is 2.84. The number of amides is 1. The molecule has 1 amide bonds. The van der Waals surface area contributed by atoms with Crippen LogP contribution in [0.4, 0.5) is 5.69 Å². The van der Waals surface area contributed by atoms with E-state index in [-0.39, 0.29) is 12.5 Å². The van der Waals surface area contributed by atoms with Crippen molar-refractivity contribution in [3.05, 3.63) is 29.8 Å². The summed E-state index contributed by atoms with van der Waals surface area (Å²) in [7, 11) is 0. The zero-order chi connectivity index (χ0) is 14.3. The molecule has 0 fully saturated rings. The molecule has 1 aromatic carbocycles. The van der Waals surface area contributed by atoms with E-state index in [1.54, 1.807) is 31.2 Å².